The molecular weight excluding hydrogens is 435 g/mol. The molecular formula is C23H27FN2O5S. The van der Waals surface area contributed by atoms with Crippen LogP contribution in [-0.4, -0.2) is 39.5 Å². The summed E-state index contributed by atoms with van der Waals surface area (Å²) < 4.78 is 50.4. The normalized spacial score (nSPS) is 14.8. The lowest BCUT2D eigenvalue weighted by Gasteiger charge is -2.14. The van der Waals surface area contributed by atoms with Crippen LogP contribution >= 0.6 is 0 Å². The maximum Gasteiger partial charge on any atom is 0.229 e. The standard InChI is InChI=1S/C23H27FN2O5S/c1-32(28,29)26-20-12-15(6-9-19(20)24)21(27)14-25-10-11-30-16-7-8-18-17-4-2-3-5-22(17)31-23(18)13-16/h6-9,12-13,21,25-27H,2-5,10-11,14H2,1H3. The summed E-state index contributed by atoms with van der Waals surface area (Å²) in [5.74, 6) is 1.11. The van der Waals surface area contributed by atoms with E-state index in [1.165, 1.54) is 30.5 Å². The number of furan rings is 1. The van der Waals surface area contributed by atoms with Gasteiger partial charge in [-0.15, -0.1) is 0 Å². The second-order valence-corrected chi connectivity index (χ2v) is 9.80. The Balaban J connectivity index is 1.27. The van der Waals surface area contributed by atoms with Crippen LogP contribution in [0.3, 0.4) is 0 Å². The van der Waals surface area contributed by atoms with Crippen LogP contribution in [-0.2, 0) is 22.9 Å². The molecule has 2 aromatic carbocycles. The second kappa shape index (κ2) is 9.48. The van der Waals surface area contributed by atoms with Gasteiger partial charge in [0.15, 0.2) is 0 Å². The average molecular weight is 463 g/mol. The lowest BCUT2D eigenvalue weighted by atomic mass is 9.96. The van der Waals surface area contributed by atoms with Crippen molar-refractivity contribution in [2.45, 2.75) is 31.8 Å². The Morgan fingerprint density at radius 3 is 2.81 bits per heavy atom. The molecule has 0 bridgehead atoms. The monoisotopic (exact) mass is 462 g/mol. The highest BCUT2D eigenvalue weighted by Crippen LogP contribution is 2.33. The van der Waals surface area contributed by atoms with Gasteiger partial charge >= 0.3 is 0 Å². The molecule has 1 aliphatic rings. The Kier molecular flexibility index (Phi) is 6.68. The van der Waals surface area contributed by atoms with Crippen molar-refractivity contribution in [2.75, 3.05) is 30.7 Å². The smallest absolute Gasteiger partial charge is 0.229 e. The summed E-state index contributed by atoms with van der Waals surface area (Å²) in [7, 11) is -3.62. The summed E-state index contributed by atoms with van der Waals surface area (Å²) in [4.78, 5) is 0. The Labute approximate surface area is 186 Å². The molecule has 3 N–H and O–H groups in total. The second-order valence-electron chi connectivity index (χ2n) is 8.05. The van der Waals surface area contributed by atoms with Crippen LogP contribution in [0.5, 0.6) is 5.75 Å². The van der Waals surface area contributed by atoms with Gasteiger partial charge in [0.2, 0.25) is 10.0 Å². The van der Waals surface area contributed by atoms with E-state index >= 15 is 0 Å². The molecule has 172 valence electrons. The van der Waals surface area contributed by atoms with Gasteiger partial charge in [-0.1, -0.05) is 6.07 Å². The topological polar surface area (TPSA) is 101 Å². The van der Waals surface area contributed by atoms with Crippen LogP contribution in [0, 0.1) is 5.82 Å². The number of aliphatic hydroxyl groups is 1. The fraction of sp³-hybridized carbons (Fsp3) is 0.391. The molecule has 0 saturated heterocycles. The van der Waals surface area contributed by atoms with E-state index < -0.39 is 21.9 Å². The van der Waals surface area contributed by atoms with Gasteiger partial charge in [-0.3, -0.25) is 4.72 Å². The molecule has 0 amide bonds. The zero-order valence-corrected chi connectivity index (χ0v) is 18.7. The maximum atomic E-state index is 13.8. The van der Waals surface area contributed by atoms with Crippen LogP contribution in [0.1, 0.15) is 35.8 Å². The van der Waals surface area contributed by atoms with E-state index in [9.17, 15) is 17.9 Å². The average Bonchev–Trinajstić information content (AvgIpc) is 3.11. The molecule has 9 heteroatoms. The molecule has 0 aliphatic heterocycles. The Morgan fingerprint density at radius 1 is 1.19 bits per heavy atom. The summed E-state index contributed by atoms with van der Waals surface area (Å²) in [6.45, 7) is 1.08. The molecule has 7 nitrogen and oxygen atoms in total. The molecule has 1 aliphatic carbocycles. The van der Waals surface area contributed by atoms with Gasteiger partial charge in [-0.25, -0.2) is 12.8 Å². The first-order chi connectivity index (χ1) is 15.3. The number of halogens is 1. The zero-order valence-electron chi connectivity index (χ0n) is 17.9. The quantitative estimate of drug-likeness (QED) is 0.421. The first-order valence-electron chi connectivity index (χ1n) is 10.6. The van der Waals surface area contributed by atoms with Crippen LogP contribution < -0.4 is 14.8 Å². The van der Waals surface area contributed by atoms with Gasteiger partial charge < -0.3 is 19.6 Å². The minimum atomic E-state index is -3.62. The molecule has 4 rings (SSSR count). The number of fused-ring (bicyclic) bond motifs is 3. The molecule has 0 radical (unpaired) electrons. The number of sulfonamides is 1. The first kappa shape index (κ1) is 22.6. The number of nitrogens with one attached hydrogen (secondary N) is 2. The number of aryl methyl sites for hydroxylation is 2. The third-order valence-electron chi connectivity index (χ3n) is 5.48. The van der Waals surface area contributed by atoms with E-state index in [-0.39, 0.29) is 12.2 Å². The van der Waals surface area contributed by atoms with Gasteiger partial charge in [0.05, 0.1) is 18.0 Å². The predicted molar refractivity (Wildman–Crippen MR) is 121 cm³/mol. The molecule has 1 heterocycles. The van der Waals surface area contributed by atoms with E-state index in [4.69, 9.17) is 9.15 Å². The van der Waals surface area contributed by atoms with Crippen LogP contribution in [0.25, 0.3) is 11.0 Å². The predicted octanol–water partition coefficient (Wildman–Crippen LogP) is 3.52. The van der Waals surface area contributed by atoms with Crippen molar-refractivity contribution in [1.82, 2.24) is 5.32 Å². The molecule has 1 unspecified atom stereocenters. The third-order valence-corrected chi connectivity index (χ3v) is 6.08. The summed E-state index contributed by atoms with van der Waals surface area (Å²) >= 11 is 0. The van der Waals surface area contributed by atoms with Crippen LogP contribution in [0.15, 0.2) is 40.8 Å². The zero-order chi connectivity index (χ0) is 22.7. The number of ether oxygens (including phenoxy) is 1. The number of rotatable bonds is 9. The first-order valence-corrected chi connectivity index (χ1v) is 12.5. The highest BCUT2D eigenvalue weighted by Gasteiger charge is 2.18. The largest absolute Gasteiger partial charge is 0.492 e. The van der Waals surface area contributed by atoms with Gasteiger partial charge in [0, 0.05) is 36.5 Å². The van der Waals surface area contributed by atoms with Crippen LogP contribution in [0.2, 0.25) is 0 Å². The molecule has 0 saturated carbocycles. The molecule has 1 atom stereocenters. The maximum absolute atomic E-state index is 13.8. The van der Waals surface area contributed by atoms with Gasteiger partial charge in [-0.2, -0.15) is 0 Å². The minimum absolute atomic E-state index is 0.192. The van der Waals surface area contributed by atoms with Crippen molar-refractivity contribution < 1.29 is 27.1 Å². The summed E-state index contributed by atoms with van der Waals surface area (Å²) in [5, 5.41) is 14.6. The highest BCUT2D eigenvalue weighted by molar-refractivity contribution is 7.92. The van der Waals surface area contributed by atoms with Crippen molar-refractivity contribution >= 4 is 26.7 Å². The van der Waals surface area contributed by atoms with Crippen molar-refractivity contribution in [3.05, 3.63) is 59.1 Å². The fourth-order valence-corrected chi connectivity index (χ4v) is 4.52. The van der Waals surface area contributed by atoms with E-state index in [0.29, 0.717) is 18.7 Å². The molecule has 3 aromatic rings. The number of hydrogen-bond acceptors (Lipinski definition) is 6. The van der Waals surface area contributed by atoms with E-state index in [1.807, 2.05) is 18.2 Å². The van der Waals surface area contributed by atoms with Crippen molar-refractivity contribution in [1.29, 1.82) is 0 Å². The fourth-order valence-electron chi connectivity index (χ4n) is 3.96. The lowest BCUT2D eigenvalue weighted by molar-refractivity contribution is 0.172. The Hall–Kier alpha value is -2.62. The van der Waals surface area contributed by atoms with E-state index in [2.05, 4.69) is 10.0 Å². The molecule has 1 aromatic heterocycles. The SMILES string of the molecule is CS(=O)(=O)Nc1cc(C(O)CNCCOc2ccc3c4c(oc3c2)CCCC4)ccc1F. The summed E-state index contributed by atoms with van der Waals surface area (Å²) in [5.41, 5.74) is 2.39. The number of benzene rings is 2. The molecule has 0 spiro atoms. The number of aliphatic hydroxyl groups excluding tert-OH is 1. The Bertz CT molecular complexity index is 1210. The number of anilines is 1. The molecule has 32 heavy (non-hydrogen) atoms. The van der Waals surface area contributed by atoms with Crippen molar-refractivity contribution in [3.8, 4) is 5.75 Å². The van der Waals surface area contributed by atoms with Gasteiger partial charge in [0.1, 0.15) is 29.5 Å². The van der Waals surface area contributed by atoms with Gasteiger partial charge in [0.25, 0.3) is 0 Å². The third kappa shape index (κ3) is 5.40. The van der Waals surface area contributed by atoms with Gasteiger partial charge in [-0.05, 0) is 49.1 Å². The summed E-state index contributed by atoms with van der Waals surface area (Å²) in [6, 6.07) is 9.74. The van der Waals surface area contributed by atoms with Crippen LogP contribution in [0.4, 0.5) is 10.1 Å². The van der Waals surface area contributed by atoms with E-state index in [1.54, 1.807) is 0 Å². The van der Waals surface area contributed by atoms with Crippen molar-refractivity contribution in [2.24, 2.45) is 0 Å². The molecule has 0 fully saturated rings. The Morgan fingerprint density at radius 2 is 2.00 bits per heavy atom. The van der Waals surface area contributed by atoms with Crippen molar-refractivity contribution in [3.63, 3.8) is 0 Å². The number of hydrogen-bond donors (Lipinski definition) is 3. The lowest BCUT2D eigenvalue weighted by Crippen LogP contribution is -2.26. The summed E-state index contributed by atoms with van der Waals surface area (Å²) in [6.07, 6.45) is 4.43. The van der Waals surface area contributed by atoms with E-state index in [0.717, 1.165) is 47.6 Å². The minimum Gasteiger partial charge on any atom is -0.492 e. The highest BCUT2D eigenvalue weighted by atomic mass is 32.2.